The van der Waals surface area contributed by atoms with Gasteiger partial charge in [-0.3, -0.25) is 0 Å². The van der Waals surface area contributed by atoms with E-state index in [1.807, 2.05) is 25.1 Å². The number of nitrogens with one attached hydrogen (secondary N) is 1. The SMILES string of the molecule is CCCOC(=O)c1ccc(NCc2occc2Br)cc1. The lowest BCUT2D eigenvalue weighted by Gasteiger charge is -2.06. The minimum atomic E-state index is -0.285. The molecule has 0 saturated heterocycles. The Hall–Kier alpha value is -1.75. The van der Waals surface area contributed by atoms with E-state index >= 15 is 0 Å². The smallest absolute Gasteiger partial charge is 0.338 e. The zero-order valence-electron chi connectivity index (χ0n) is 11.2. The van der Waals surface area contributed by atoms with Crippen LogP contribution in [0.1, 0.15) is 29.5 Å². The molecule has 0 spiro atoms. The number of benzene rings is 1. The van der Waals surface area contributed by atoms with E-state index in [9.17, 15) is 4.79 Å². The normalized spacial score (nSPS) is 10.3. The van der Waals surface area contributed by atoms with Crippen LogP contribution < -0.4 is 5.32 Å². The van der Waals surface area contributed by atoms with Crippen molar-refractivity contribution in [1.82, 2.24) is 0 Å². The lowest BCUT2D eigenvalue weighted by atomic mass is 10.2. The third-order valence-electron chi connectivity index (χ3n) is 2.70. The summed E-state index contributed by atoms with van der Waals surface area (Å²) in [6.45, 7) is 2.99. The molecule has 0 amide bonds. The fraction of sp³-hybridized carbons (Fsp3) is 0.267. The van der Waals surface area contributed by atoms with E-state index in [2.05, 4.69) is 21.2 Å². The number of furan rings is 1. The Labute approximate surface area is 126 Å². The van der Waals surface area contributed by atoms with E-state index in [0.29, 0.717) is 18.7 Å². The Morgan fingerprint density at radius 3 is 2.65 bits per heavy atom. The summed E-state index contributed by atoms with van der Waals surface area (Å²) in [6, 6.07) is 9.04. The van der Waals surface area contributed by atoms with Crippen LogP contribution in [0, 0.1) is 0 Å². The first-order chi connectivity index (χ1) is 9.70. The summed E-state index contributed by atoms with van der Waals surface area (Å²) >= 11 is 3.40. The van der Waals surface area contributed by atoms with Crippen LogP contribution in [-0.2, 0) is 11.3 Å². The van der Waals surface area contributed by atoms with Gasteiger partial charge in [0.1, 0.15) is 5.76 Å². The van der Waals surface area contributed by atoms with Crippen molar-refractivity contribution in [3.63, 3.8) is 0 Å². The predicted molar refractivity (Wildman–Crippen MR) is 80.8 cm³/mol. The molecule has 1 N–H and O–H groups in total. The molecule has 20 heavy (non-hydrogen) atoms. The van der Waals surface area contributed by atoms with E-state index in [-0.39, 0.29) is 5.97 Å². The number of carbonyl (C=O) groups excluding carboxylic acids is 1. The van der Waals surface area contributed by atoms with Gasteiger partial charge in [0.15, 0.2) is 0 Å². The molecule has 0 radical (unpaired) electrons. The fourth-order valence-corrected chi connectivity index (χ4v) is 1.98. The van der Waals surface area contributed by atoms with Crippen molar-refractivity contribution >= 4 is 27.6 Å². The van der Waals surface area contributed by atoms with Gasteiger partial charge in [0.05, 0.1) is 29.5 Å². The molecule has 4 nitrogen and oxygen atoms in total. The van der Waals surface area contributed by atoms with Crippen LogP contribution in [0.25, 0.3) is 0 Å². The monoisotopic (exact) mass is 337 g/mol. The maximum Gasteiger partial charge on any atom is 0.338 e. The average Bonchev–Trinajstić information content (AvgIpc) is 2.88. The standard InChI is InChI=1S/C15H16BrNO3/c1-2-8-20-15(18)11-3-5-12(6-4-11)17-10-14-13(16)7-9-19-14/h3-7,9,17H,2,8,10H2,1H3. The van der Waals surface area contributed by atoms with Crippen LogP contribution in [0.4, 0.5) is 5.69 Å². The molecule has 1 heterocycles. The maximum atomic E-state index is 11.6. The van der Waals surface area contributed by atoms with Crippen molar-refractivity contribution in [3.05, 3.63) is 52.4 Å². The van der Waals surface area contributed by atoms with Crippen LogP contribution in [0.3, 0.4) is 0 Å². The Morgan fingerprint density at radius 1 is 1.30 bits per heavy atom. The quantitative estimate of drug-likeness (QED) is 0.801. The van der Waals surface area contributed by atoms with Gasteiger partial charge in [-0.2, -0.15) is 0 Å². The van der Waals surface area contributed by atoms with Crippen molar-refractivity contribution in [3.8, 4) is 0 Å². The molecule has 0 aliphatic carbocycles. The molecule has 106 valence electrons. The molecule has 0 fully saturated rings. The third kappa shape index (κ3) is 3.87. The van der Waals surface area contributed by atoms with Crippen molar-refractivity contribution in [2.45, 2.75) is 19.9 Å². The molecule has 0 atom stereocenters. The lowest BCUT2D eigenvalue weighted by Crippen LogP contribution is -2.06. The molecular weight excluding hydrogens is 322 g/mol. The largest absolute Gasteiger partial charge is 0.466 e. The first-order valence-electron chi connectivity index (χ1n) is 6.43. The second-order valence-corrected chi connectivity index (χ2v) is 5.11. The van der Waals surface area contributed by atoms with E-state index in [4.69, 9.17) is 9.15 Å². The number of hydrogen-bond acceptors (Lipinski definition) is 4. The Morgan fingerprint density at radius 2 is 2.05 bits per heavy atom. The fourth-order valence-electron chi connectivity index (χ4n) is 1.64. The van der Waals surface area contributed by atoms with Gasteiger partial charge in [0.25, 0.3) is 0 Å². The number of anilines is 1. The summed E-state index contributed by atoms with van der Waals surface area (Å²) in [5, 5.41) is 3.22. The topological polar surface area (TPSA) is 51.5 Å². The van der Waals surface area contributed by atoms with E-state index in [0.717, 1.165) is 22.3 Å². The molecule has 5 heteroatoms. The number of esters is 1. The number of ether oxygens (including phenoxy) is 1. The molecule has 0 unspecified atom stereocenters. The molecule has 1 aromatic heterocycles. The van der Waals surface area contributed by atoms with Crippen LogP contribution in [0.5, 0.6) is 0 Å². The first kappa shape index (κ1) is 14.7. The molecular formula is C15H16BrNO3. The molecule has 1 aromatic carbocycles. The highest BCUT2D eigenvalue weighted by atomic mass is 79.9. The Bertz CT molecular complexity index is 563. The van der Waals surface area contributed by atoms with Gasteiger partial charge in [-0.15, -0.1) is 0 Å². The van der Waals surface area contributed by atoms with Crippen molar-refractivity contribution in [1.29, 1.82) is 0 Å². The molecule has 2 aromatic rings. The molecule has 0 aliphatic rings. The minimum absolute atomic E-state index is 0.285. The second kappa shape index (κ2) is 7.14. The van der Waals surface area contributed by atoms with Crippen molar-refractivity contribution in [2.75, 3.05) is 11.9 Å². The number of rotatable bonds is 6. The Balaban J connectivity index is 1.91. The van der Waals surface area contributed by atoms with Crippen LogP contribution in [-0.4, -0.2) is 12.6 Å². The van der Waals surface area contributed by atoms with E-state index < -0.39 is 0 Å². The van der Waals surface area contributed by atoms with Gasteiger partial charge in [0.2, 0.25) is 0 Å². The van der Waals surface area contributed by atoms with E-state index in [1.165, 1.54) is 0 Å². The number of carbonyl (C=O) groups is 1. The zero-order chi connectivity index (χ0) is 14.4. The van der Waals surface area contributed by atoms with Crippen LogP contribution >= 0.6 is 15.9 Å². The van der Waals surface area contributed by atoms with Gasteiger partial charge >= 0.3 is 5.97 Å². The highest BCUT2D eigenvalue weighted by Gasteiger charge is 2.07. The molecule has 2 rings (SSSR count). The molecule has 0 saturated carbocycles. The number of halogens is 1. The summed E-state index contributed by atoms with van der Waals surface area (Å²) in [7, 11) is 0. The first-order valence-corrected chi connectivity index (χ1v) is 7.23. The second-order valence-electron chi connectivity index (χ2n) is 4.26. The van der Waals surface area contributed by atoms with Crippen LogP contribution in [0.15, 0.2) is 45.5 Å². The van der Waals surface area contributed by atoms with Gasteiger partial charge in [0, 0.05) is 5.69 Å². The maximum absolute atomic E-state index is 11.6. The van der Waals surface area contributed by atoms with Crippen LogP contribution in [0.2, 0.25) is 0 Å². The van der Waals surface area contributed by atoms with Crippen molar-refractivity contribution in [2.24, 2.45) is 0 Å². The lowest BCUT2D eigenvalue weighted by molar-refractivity contribution is 0.0505. The predicted octanol–water partition coefficient (Wildman–Crippen LogP) is 4.22. The van der Waals surface area contributed by atoms with Gasteiger partial charge in [-0.05, 0) is 52.7 Å². The van der Waals surface area contributed by atoms with Gasteiger partial charge in [-0.25, -0.2) is 4.79 Å². The van der Waals surface area contributed by atoms with Crippen molar-refractivity contribution < 1.29 is 13.9 Å². The highest BCUT2D eigenvalue weighted by Crippen LogP contribution is 2.19. The highest BCUT2D eigenvalue weighted by molar-refractivity contribution is 9.10. The summed E-state index contributed by atoms with van der Waals surface area (Å²) < 4.78 is 11.3. The summed E-state index contributed by atoms with van der Waals surface area (Å²) in [6.07, 6.45) is 2.46. The third-order valence-corrected chi connectivity index (χ3v) is 3.41. The average molecular weight is 338 g/mol. The van der Waals surface area contributed by atoms with Gasteiger partial charge < -0.3 is 14.5 Å². The minimum Gasteiger partial charge on any atom is -0.466 e. The summed E-state index contributed by atoms with van der Waals surface area (Å²) in [4.78, 5) is 11.6. The zero-order valence-corrected chi connectivity index (χ0v) is 12.8. The molecule has 0 aliphatic heterocycles. The van der Waals surface area contributed by atoms with E-state index in [1.54, 1.807) is 18.4 Å². The summed E-state index contributed by atoms with van der Waals surface area (Å²) in [5.41, 5.74) is 1.48. The van der Waals surface area contributed by atoms with Gasteiger partial charge in [-0.1, -0.05) is 6.92 Å². The molecule has 0 bridgehead atoms. The number of hydrogen-bond donors (Lipinski definition) is 1. The Kier molecular flexibility index (Phi) is 5.24. The summed E-state index contributed by atoms with van der Waals surface area (Å²) in [5.74, 6) is 0.545.